The van der Waals surface area contributed by atoms with E-state index in [1.54, 1.807) is 0 Å². The van der Waals surface area contributed by atoms with Gasteiger partial charge in [-0.05, 0) is 31.2 Å². The quantitative estimate of drug-likeness (QED) is 0.588. The van der Waals surface area contributed by atoms with Crippen LogP contribution in [0.5, 0.6) is 0 Å². The summed E-state index contributed by atoms with van der Waals surface area (Å²) >= 11 is 0. The van der Waals surface area contributed by atoms with E-state index in [1.165, 1.54) is 5.56 Å². The predicted octanol–water partition coefficient (Wildman–Crippen LogP) is 3.30. The van der Waals surface area contributed by atoms with Crippen LogP contribution in [0.15, 0.2) is 42.5 Å². The molecule has 0 radical (unpaired) electrons. The van der Waals surface area contributed by atoms with Gasteiger partial charge in [-0.15, -0.1) is 0 Å². The third kappa shape index (κ3) is 2.96. The number of ether oxygens (including phenoxy) is 1. The Morgan fingerprint density at radius 3 is 2.82 bits per heavy atom. The molecule has 0 aliphatic heterocycles. The minimum Gasteiger partial charge on any atom is -0.466 e. The van der Waals surface area contributed by atoms with Crippen LogP contribution in [-0.4, -0.2) is 12.6 Å². The van der Waals surface area contributed by atoms with Crippen LogP contribution in [0, 0.1) is 5.92 Å². The lowest BCUT2D eigenvalue weighted by molar-refractivity contribution is -0.146. The number of hydrogen-bond acceptors (Lipinski definition) is 2. The molecule has 0 spiro atoms. The van der Waals surface area contributed by atoms with Crippen LogP contribution in [0.2, 0.25) is 0 Å². The first-order valence-electron chi connectivity index (χ1n) is 6.19. The maximum Gasteiger partial charge on any atom is 0.312 e. The first-order chi connectivity index (χ1) is 8.31. The molecule has 17 heavy (non-hydrogen) atoms. The largest absolute Gasteiger partial charge is 0.466 e. The summed E-state index contributed by atoms with van der Waals surface area (Å²) in [5.41, 5.74) is 1.31. The van der Waals surface area contributed by atoms with Gasteiger partial charge in [0, 0.05) is 0 Å². The Balaban J connectivity index is 2.05. The van der Waals surface area contributed by atoms with Crippen molar-refractivity contribution in [3.63, 3.8) is 0 Å². The standard InChI is InChI=1S/C15H18O2/c1-2-17-15(16)14-10-6-9-13(11-14)12-7-4-3-5-8-12/h3-8,10,13-14H,2,9,11H2,1H3/t13-,14-/m1/s1. The van der Waals surface area contributed by atoms with E-state index in [2.05, 4.69) is 18.2 Å². The highest BCUT2D eigenvalue weighted by Gasteiger charge is 2.25. The van der Waals surface area contributed by atoms with Crippen LogP contribution in [0.4, 0.5) is 0 Å². The highest BCUT2D eigenvalue weighted by Crippen LogP contribution is 2.32. The van der Waals surface area contributed by atoms with Gasteiger partial charge in [-0.1, -0.05) is 42.5 Å². The van der Waals surface area contributed by atoms with Crippen molar-refractivity contribution < 1.29 is 9.53 Å². The van der Waals surface area contributed by atoms with Gasteiger partial charge < -0.3 is 4.74 Å². The van der Waals surface area contributed by atoms with Crippen LogP contribution >= 0.6 is 0 Å². The minimum absolute atomic E-state index is 0.0751. The summed E-state index contributed by atoms with van der Waals surface area (Å²) in [5, 5.41) is 0. The molecule has 2 heteroatoms. The van der Waals surface area contributed by atoms with Crippen molar-refractivity contribution >= 4 is 5.97 Å². The number of carbonyl (C=O) groups is 1. The Labute approximate surface area is 102 Å². The van der Waals surface area contributed by atoms with Gasteiger partial charge in [0.05, 0.1) is 12.5 Å². The molecule has 1 aromatic carbocycles. The molecule has 90 valence electrons. The van der Waals surface area contributed by atoms with Gasteiger partial charge in [-0.2, -0.15) is 0 Å². The van der Waals surface area contributed by atoms with E-state index in [0.29, 0.717) is 12.5 Å². The van der Waals surface area contributed by atoms with Gasteiger partial charge in [0.25, 0.3) is 0 Å². The predicted molar refractivity (Wildman–Crippen MR) is 67.7 cm³/mol. The Morgan fingerprint density at radius 1 is 1.35 bits per heavy atom. The van der Waals surface area contributed by atoms with E-state index in [4.69, 9.17) is 4.74 Å². The average molecular weight is 230 g/mol. The van der Waals surface area contributed by atoms with Gasteiger partial charge in [0.1, 0.15) is 0 Å². The van der Waals surface area contributed by atoms with Crippen molar-refractivity contribution in [2.75, 3.05) is 6.61 Å². The Bertz CT molecular complexity index is 395. The van der Waals surface area contributed by atoms with E-state index in [0.717, 1.165) is 12.8 Å². The van der Waals surface area contributed by atoms with Crippen LogP contribution in [0.25, 0.3) is 0 Å². The topological polar surface area (TPSA) is 26.3 Å². The summed E-state index contributed by atoms with van der Waals surface area (Å²) < 4.78 is 5.08. The fraction of sp³-hybridized carbons (Fsp3) is 0.400. The summed E-state index contributed by atoms with van der Waals surface area (Å²) in [7, 11) is 0. The third-order valence-corrected chi connectivity index (χ3v) is 3.19. The SMILES string of the molecule is CCOC(=O)[C@@H]1C=CC[C@@H](c2ccccc2)C1. The van der Waals surface area contributed by atoms with Crippen LogP contribution in [-0.2, 0) is 9.53 Å². The van der Waals surface area contributed by atoms with E-state index in [-0.39, 0.29) is 11.9 Å². The fourth-order valence-electron chi connectivity index (χ4n) is 2.31. The summed E-state index contributed by atoms with van der Waals surface area (Å²) in [6.07, 6.45) is 5.96. The van der Waals surface area contributed by atoms with E-state index >= 15 is 0 Å². The summed E-state index contributed by atoms with van der Waals surface area (Å²) in [5.74, 6) is 0.272. The Hall–Kier alpha value is -1.57. The molecule has 0 N–H and O–H groups in total. The van der Waals surface area contributed by atoms with Crippen molar-refractivity contribution in [3.05, 3.63) is 48.0 Å². The second kappa shape index (κ2) is 5.67. The van der Waals surface area contributed by atoms with Crippen LogP contribution in [0.3, 0.4) is 0 Å². The van der Waals surface area contributed by atoms with Crippen molar-refractivity contribution in [2.45, 2.75) is 25.7 Å². The first kappa shape index (κ1) is 11.9. The molecular weight excluding hydrogens is 212 g/mol. The molecule has 0 saturated carbocycles. The molecule has 2 rings (SSSR count). The molecule has 0 bridgehead atoms. The van der Waals surface area contributed by atoms with E-state index in [9.17, 15) is 4.79 Å². The van der Waals surface area contributed by atoms with Gasteiger partial charge in [-0.3, -0.25) is 4.79 Å². The van der Waals surface area contributed by atoms with Gasteiger partial charge in [0.2, 0.25) is 0 Å². The van der Waals surface area contributed by atoms with Crippen molar-refractivity contribution in [2.24, 2.45) is 5.92 Å². The zero-order valence-corrected chi connectivity index (χ0v) is 10.1. The highest BCUT2D eigenvalue weighted by molar-refractivity contribution is 5.74. The molecule has 0 amide bonds. The molecule has 0 aromatic heterocycles. The van der Waals surface area contributed by atoms with Crippen molar-refractivity contribution in [1.82, 2.24) is 0 Å². The number of carbonyl (C=O) groups excluding carboxylic acids is 1. The maximum absolute atomic E-state index is 11.7. The normalized spacial score (nSPS) is 23.4. The molecule has 1 aliphatic rings. The van der Waals surface area contributed by atoms with E-state index in [1.807, 2.05) is 31.2 Å². The molecule has 2 atom stereocenters. The molecule has 1 aliphatic carbocycles. The van der Waals surface area contributed by atoms with Gasteiger partial charge in [-0.25, -0.2) is 0 Å². The minimum atomic E-state index is -0.0932. The summed E-state index contributed by atoms with van der Waals surface area (Å²) in [6.45, 7) is 2.30. The highest BCUT2D eigenvalue weighted by atomic mass is 16.5. The second-order valence-electron chi connectivity index (χ2n) is 4.37. The molecule has 0 saturated heterocycles. The number of benzene rings is 1. The fourth-order valence-corrected chi connectivity index (χ4v) is 2.31. The zero-order chi connectivity index (χ0) is 12.1. The van der Waals surface area contributed by atoms with Crippen molar-refractivity contribution in [1.29, 1.82) is 0 Å². The first-order valence-corrected chi connectivity index (χ1v) is 6.19. The lowest BCUT2D eigenvalue weighted by atomic mass is 9.82. The lowest BCUT2D eigenvalue weighted by Gasteiger charge is -2.23. The second-order valence-corrected chi connectivity index (χ2v) is 4.37. The molecule has 0 fully saturated rings. The molecule has 0 unspecified atom stereocenters. The molecule has 1 aromatic rings. The van der Waals surface area contributed by atoms with Crippen LogP contribution < -0.4 is 0 Å². The number of hydrogen-bond donors (Lipinski definition) is 0. The van der Waals surface area contributed by atoms with Gasteiger partial charge in [0.15, 0.2) is 0 Å². The lowest BCUT2D eigenvalue weighted by Crippen LogP contribution is -2.20. The number of allylic oxidation sites excluding steroid dienone is 1. The Kier molecular flexibility index (Phi) is 3.97. The summed E-state index contributed by atoms with van der Waals surface area (Å²) in [6, 6.07) is 10.4. The average Bonchev–Trinajstić information content (AvgIpc) is 2.40. The Morgan fingerprint density at radius 2 is 2.12 bits per heavy atom. The molecule has 0 heterocycles. The third-order valence-electron chi connectivity index (χ3n) is 3.19. The zero-order valence-electron chi connectivity index (χ0n) is 10.1. The monoisotopic (exact) mass is 230 g/mol. The van der Waals surface area contributed by atoms with Crippen LogP contribution in [0.1, 0.15) is 31.2 Å². The smallest absolute Gasteiger partial charge is 0.312 e. The van der Waals surface area contributed by atoms with Gasteiger partial charge >= 0.3 is 5.97 Å². The molecule has 2 nitrogen and oxygen atoms in total. The maximum atomic E-state index is 11.7. The number of rotatable bonds is 3. The molecular formula is C15H18O2. The summed E-state index contributed by atoms with van der Waals surface area (Å²) in [4.78, 5) is 11.7. The number of esters is 1. The van der Waals surface area contributed by atoms with E-state index < -0.39 is 0 Å². The van der Waals surface area contributed by atoms with Crippen molar-refractivity contribution in [3.8, 4) is 0 Å².